The summed E-state index contributed by atoms with van der Waals surface area (Å²) in [5, 5.41) is 3.33. The first-order chi connectivity index (χ1) is 2.89. The average molecular weight is 101 g/mol. The number of nitrogens with one attached hydrogen (secondary N) is 1. The van der Waals surface area contributed by atoms with Crippen LogP contribution in [0.5, 0.6) is 0 Å². The van der Waals surface area contributed by atoms with Crippen molar-refractivity contribution in [2.45, 2.75) is 12.6 Å². The van der Waals surface area contributed by atoms with Gasteiger partial charge in [-0.25, -0.2) is 0 Å². The third-order valence-corrected chi connectivity index (χ3v) is 3.57. The molecule has 0 aromatic rings. The van der Waals surface area contributed by atoms with Crippen LogP contribution in [0.3, 0.4) is 0 Å². The first-order valence-corrected chi connectivity index (χ1v) is 5.39. The third-order valence-electron chi connectivity index (χ3n) is 1.31. The van der Waals surface area contributed by atoms with Crippen molar-refractivity contribution >= 4 is 8.80 Å². The summed E-state index contributed by atoms with van der Waals surface area (Å²) in [5.41, 5.74) is 0. The fourth-order valence-electron chi connectivity index (χ4n) is 0.799. The van der Waals surface area contributed by atoms with Crippen molar-refractivity contribution in [1.29, 1.82) is 0 Å². The molecule has 1 atom stereocenters. The maximum absolute atomic E-state index is 3.33. The van der Waals surface area contributed by atoms with Gasteiger partial charge in [0.2, 0.25) is 0 Å². The van der Waals surface area contributed by atoms with Crippen LogP contribution < -0.4 is 5.32 Å². The van der Waals surface area contributed by atoms with E-state index in [4.69, 9.17) is 0 Å². The molecule has 0 spiro atoms. The fraction of sp³-hybridized carbons (Fsp3) is 1.00. The lowest BCUT2D eigenvalue weighted by molar-refractivity contribution is 0.880. The van der Waals surface area contributed by atoms with Gasteiger partial charge >= 0.3 is 0 Å². The molecular formula is C4H11NSi. The lowest BCUT2D eigenvalue weighted by atomic mass is 10.8. The van der Waals surface area contributed by atoms with Crippen LogP contribution in [-0.4, -0.2) is 21.5 Å². The quantitative estimate of drug-likeness (QED) is 0.423. The molecule has 0 aliphatic carbocycles. The Balaban J connectivity index is 2.18. The largest absolute Gasteiger partial charge is 0.320 e. The molecule has 6 heavy (non-hydrogen) atoms. The van der Waals surface area contributed by atoms with E-state index in [-0.39, 0.29) is 8.80 Å². The van der Waals surface area contributed by atoms with Crippen molar-refractivity contribution in [3.63, 3.8) is 0 Å². The first kappa shape index (κ1) is 4.34. The minimum absolute atomic E-state index is 0.160. The van der Waals surface area contributed by atoms with Crippen LogP contribution in [-0.2, 0) is 0 Å². The summed E-state index contributed by atoms with van der Waals surface area (Å²) < 4.78 is 0. The SMILES string of the molecule is C[SiH]1CCNC1. The molecule has 1 nitrogen and oxygen atoms in total. The van der Waals surface area contributed by atoms with Gasteiger partial charge in [-0.15, -0.1) is 0 Å². The number of hydrogen-bond acceptors (Lipinski definition) is 1. The average Bonchev–Trinajstić information content (AvgIpc) is 1.86. The van der Waals surface area contributed by atoms with Crippen LogP contribution >= 0.6 is 0 Å². The van der Waals surface area contributed by atoms with E-state index in [9.17, 15) is 0 Å². The molecular weight excluding hydrogens is 90.1 g/mol. The van der Waals surface area contributed by atoms with E-state index < -0.39 is 0 Å². The van der Waals surface area contributed by atoms with Crippen LogP contribution in [0.25, 0.3) is 0 Å². The second-order valence-electron chi connectivity index (χ2n) is 2.10. The van der Waals surface area contributed by atoms with Crippen molar-refractivity contribution in [1.82, 2.24) is 5.32 Å². The van der Waals surface area contributed by atoms with Crippen molar-refractivity contribution < 1.29 is 0 Å². The summed E-state index contributed by atoms with van der Waals surface area (Å²) in [6.45, 7) is 3.72. The van der Waals surface area contributed by atoms with Gasteiger partial charge in [0.25, 0.3) is 0 Å². The molecule has 0 radical (unpaired) electrons. The van der Waals surface area contributed by atoms with Gasteiger partial charge in [0, 0.05) is 0 Å². The first-order valence-electron chi connectivity index (χ1n) is 2.60. The standard InChI is InChI=1S/C4H11NSi/c1-6-3-2-5-4-6/h5-6H,2-4H2,1H3. The van der Waals surface area contributed by atoms with Gasteiger partial charge in [-0.3, -0.25) is 0 Å². The number of hydrogen-bond donors (Lipinski definition) is 1. The molecule has 1 aliphatic heterocycles. The predicted molar refractivity (Wildman–Crippen MR) is 30.7 cm³/mol. The Morgan fingerprint density at radius 3 is 2.67 bits per heavy atom. The lowest BCUT2D eigenvalue weighted by Crippen LogP contribution is -2.12. The van der Waals surface area contributed by atoms with Gasteiger partial charge < -0.3 is 5.32 Å². The van der Waals surface area contributed by atoms with Gasteiger partial charge in [0.05, 0.1) is 8.80 Å². The van der Waals surface area contributed by atoms with Gasteiger partial charge in [0.15, 0.2) is 0 Å². The number of rotatable bonds is 0. The summed E-state index contributed by atoms with van der Waals surface area (Å²) in [6.07, 6.45) is 1.38. The Hall–Kier alpha value is 0.177. The Morgan fingerprint density at radius 1 is 1.67 bits per heavy atom. The molecule has 1 aliphatic rings. The van der Waals surface area contributed by atoms with E-state index in [1.165, 1.54) is 18.8 Å². The summed E-state index contributed by atoms with van der Waals surface area (Å²) in [5.74, 6) is 0. The Kier molecular flexibility index (Phi) is 1.27. The van der Waals surface area contributed by atoms with Crippen LogP contribution in [0, 0.1) is 0 Å². The van der Waals surface area contributed by atoms with Gasteiger partial charge in [-0.2, -0.15) is 0 Å². The van der Waals surface area contributed by atoms with Crippen molar-refractivity contribution in [2.24, 2.45) is 0 Å². The van der Waals surface area contributed by atoms with E-state index in [1.807, 2.05) is 0 Å². The minimum Gasteiger partial charge on any atom is -0.320 e. The predicted octanol–water partition coefficient (Wildman–Crippen LogP) is -0.0143. The highest BCUT2D eigenvalue weighted by atomic mass is 28.3. The molecule has 1 unspecified atom stereocenters. The highest BCUT2D eigenvalue weighted by Crippen LogP contribution is 1.94. The summed E-state index contributed by atoms with van der Waals surface area (Å²) >= 11 is 0. The normalized spacial score (nSPS) is 34.5. The van der Waals surface area contributed by atoms with Gasteiger partial charge in [-0.05, 0) is 18.8 Å². The highest BCUT2D eigenvalue weighted by Gasteiger charge is 2.07. The smallest absolute Gasteiger partial charge is 0.0509 e. The van der Waals surface area contributed by atoms with E-state index >= 15 is 0 Å². The van der Waals surface area contributed by atoms with Crippen LogP contribution in [0.2, 0.25) is 12.6 Å². The second-order valence-corrected chi connectivity index (χ2v) is 5.29. The minimum atomic E-state index is -0.160. The second kappa shape index (κ2) is 1.75. The molecule has 1 saturated heterocycles. The highest BCUT2D eigenvalue weighted by molar-refractivity contribution is 6.58. The third kappa shape index (κ3) is 0.818. The van der Waals surface area contributed by atoms with Gasteiger partial charge in [0.1, 0.15) is 0 Å². The molecule has 2 heteroatoms. The maximum Gasteiger partial charge on any atom is 0.0509 e. The van der Waals surface area contributed by atoms with Crippen LogP contribution in [0.1, 0.15) is 0 Å². The van der Waals surface area contributed by atoms with Crippen molar-refractivity contribution in [2.75, 3.05) is 12.7 Å². The molecule has 36 valence electrons. The van der Waals surface area contributed by atoms with E-state index in [1.54, 1.807) is 0 Å². The van der Waals surface area contributed by atoms with E-state index in [0.717, 1.165) is 0 Å². The van der Waals surface area contributed by atoms with E-state index in [2.05, 4.69) is 11.9 Å². The van der Waals surface area contributed by atoms with Gasteiger partial charge in [-0.1, -0.05) is 6.55 Å². The Bertz CT molecular complexity index is 40.8. The molecule has 0 saturated carbocycles. The van der Waals surface area contributed by atoms with E-state index in [0.29, 0.717) is 0 Å². The maximum atomic E-state index is 3.33. The molecule has 1 N–H and O–H groups in total. The Morgan fingerprint density at radius 2 is 2.50 bits per heavy atom. The zero-order chi connectivity index (χ0) is 4.41. The summed E-state index contributed by atoms with van der Waals surface area (Å²) in [7, 11) is -0.160. The van der Waals surface area contributed by atoms with Crippen LogP contribution in [0.15, 0.2) is 0 Å². The fourth-order valence-corrected chi connectivity index (χ4v) is 2.40. The van der Waals surface area contributed by atoms with Crippen molar-refractivity contribution in [3.8, 4) is 0 Å². The molecule has 1 fully saturated rings. The lowest BCUT2D eigenvalue weighted by Gasteiger charge is -1.87. The topological polar surface area (TPSA) is 12.0 Å². The molecule has 0 amide bonds. The summed E-state index contributed by atoms with van der Waals surface area (Å²) in [6, 6.07) is 1.51. The molecule has 1 rings (SSSR count). The van der Waals surface area contributed by atoms with Crippen LogP contribution in [0.4, 0.5) is 0 Å². The molecule has 1 heterocycles. The molecule has 0 bridgehead atoms. The Labute approximate surface area is 40.4 Å². The summed E-state index contributed by atoms with van der Waals surface area (Å²) in [4.78, 5) is 0. The monoisotopic (exact) mass is 101 g/mol. The molecule has 0 aromatic heterocycles. The molecule has 0 aromatic carbocycles. The van der Waals surface area contributed by atoms with Crippen molar-refractivity contribution in [3.05, 3.63) is 0 Å². The zero-order valence-electron chi connectivity index (χ0n) is 4.20. The zero-order valence-corrected chi connectivity index (χ0v) is 5.35.